The van der Waals surface area contributed by atoms with Gasteiger partial charge in [-0.15, -0.1) is 11.3 Å². The lowest BCUT2D eigenvalue weighted by Crippen LogP contribution is -2.39. The van der Waals surface area contributed by atoms with Crippen molar-refractivity contribution in [2.24, 2.45) is 0 Å². The van der Waals surface area contributed by atoms with Gasteiger partial charge in [-0.05, 0) is 18.4 Å². The second-order valence-electron chi connectivity index (χ2n) is 5.64. The molecule has 1 unspecified atom stereocenters. The molecule has 0 spiro atoms. The van der Waals surface area contributed by atoms with E-state index in [0.29, 0.717) is 11.8 Å². The van der Waals surface area contributed by atoms with Crippen molar-refractivity contribution in [3.05, 3.63) is 55.5 Å². The fraction of sp³-hybridized carbons (Fsp3) is 0.200. The van der Waals surface area contributed by atoms with Crippen LogP contribution in [0.25, 0.3) is 15.9 Å². The topological polar surface area (TPSA) is 68.3 Å². The quantitative estimate of drug-likeness (QED) is 0.434. The molecule has 3 aromatic rings. The smallest absolute Gasteiger partial charge is 0.376 e. The normalized spacial score (nSPS) is 14.6. The minimum absolute atomic E-state index is 0.0932. The first-order chi connectivity index (χ1) is 11.9. The third-order valence-corrected chi connectivity index (χ3v) is 5.43. The van der Waals surface area contributed by atoms with Gasteiger partial charge >= 0.3 is 6.18 Å². The SMILES string of the molecule is CC(O)(c1cn(-c2c(Cl)cc([N+](=O)[O-])cc2Cl)c2sccc12)C(F)(F)F. The second kappa shape index (κ2) is 6.12. The average molecular weight is 425 g/mol. The summed E-state index contributed by atoms with van der Waals surface area (Å²) in [6.07, 6.45) is -3.81. The number of non-ortho nitro benzene ring substituents is 1. The summed E-state index contributed by atoms with van der Waals surface area (Å²) in [7, 11) is 0. The second-order valence-corrected chi connectivity index (χ2v) is 7.35. The molecule has 26 heavy (non-hydrogen) atoms. The van der Waals surface area contributed by atoms with Crippen molar-refractivity contribution >= 4 is 50.4 Å². The van der Waals surface area contributed by atoms with Crippen molar-refractivity contribution in [3.8, 4) is 5.69 Å². The maximum absolute atomic E-state index is 13.3. The summed E-state index contributed by atoms with van der Waals surface area (Å²) in [6.45, 7) is 0.656. The van der Waals surface area contributed by atoms with Crippen LogP contribution in [0.1, 0.15) is 12.5 Å². The molecule has 11 heteroatoms. The molecule has 5 nitrogen and oxygen atoms in total. The molecule has 0 fully saturated rings. The number of hydrogen-bond donors (Lipinski definition) is 1. The molecule has 0 aliphatic rings. The number of thiophene rings is 1. The number of hydrogen-bond acceptors (Lipinski definition) is 4. The molecule has 0 amide bonds. The highest BCUT2D eigenvalue weighted by atomic mass is 35.5. The van der Waals surface area contributed by atoms with E-state index >= 15 is 0 Å². The van der Waals surface area contributed by atoms with E-state index in [1.165, 1.54) is 10.6 Å². The average Bonchev–Trinajstić information content (AvgIpc) is 3.08. The number of aliphatic hydroxyl groups is 1. The zero-order valence-corrected chi connectivity index (χ0v) is 15.2. The first-order valence-electron chi connectivity index (χ1n) is 6.97. The van der Waals surface area contributed by atoms with Crippen LogP contribution in [0.5, 0.6) is 0 Å². The highest BCUT2D eigenvalue weighted by Gasteiger charge is 2.52. The van der Waals surface area contributed by atoms with Crippen LogP contribution >= 0.6 is 34.5 Å². The van der Waals surface area contributed by atoms with Gasteiger partial charge in [0.05, 0.1) is 20.7 Å². The Kier molecular flexibility index (Phi) is 4.47. The first kappa shape index (κ1) is 19.0. The van der Waals surface area contributed by atoms with Gasteiger partial charge in [-0.25, -0.2) is 0 Å². The van der Waals surface area contributed by atoms with Gasteiger partial charge in [0.15, 0.2) is 5.60 Å². The van der Waals surface area contributed by atoms with Gasteiger partial charge in [0.25, 0.3) is 5.69 Å². The Morgan fingerprint density at radius 2 is 1.85 bits per heavy atom. The molecular formula is C15H9Cl2F3N2O3S. The lowest BCUT2D eigenvalue weighted by Gasteiger charge is -2.25. The van der Waals surface area contributed by atoms with Gasteiger partial charge in [0, 0.05) is 29.3 Å². The fourth-order valence-electron chi connectivity index (χ4n) is 2.54. The summed E-state index contributed by atoms with van der Waals surface area (Å²) in [5.41, 5.74) is -3.72. The van der Waals surface area contributed by atoms with Gasteiger partial charge < -0.3 is 9.67 Å². The van der Waals surface area contributed by atoms with Crippen LogP contribution in [0, 0.1) is 10.1 Å². The van der Waals surface area contributed by atoms with Crippen LogP contribution in [0.4, 0.5) is 18.9 Å². The summed E-state index contributed by atoms with van der Waals surface area (Å²) in [6, 6.07) is 3.56. The summed E-state index contributed by atoms with van der Waals surface area (Å²) in [5.74, 6) is 0. The molecule has 1 aromatic carbocycles. The third-order valence-electron chi connectivity index (χ3n) is 3.94. The van der Waals surface area contributed by atoms with E-state index < -0.39 is 16.7 Å². The monoisotopic (exact) mass is 424 g/mol. The summed E-state index contributed by atoms with van der Waals surface area (Å²) in [5, 5.41) is 22.5. The largest absolute Gasteiger partial charge is 0.421 e. The van der Waals surface area contributed by atoms with E-state index in [4.69, 9.17) is 23.2 Å². The molecule has 0 aliphatic heterocycles. The van der Waals surface area contributed by atoms with E-state index in [-0.39, 0.29) is 32.4 Å². The Morgan fingerprint density at radius 1 is 1.27 bits per heavy atom. The molecule has 0 bridgehead atoms. The van der Waals surface area contributed by atoms with Crippen LogP contribution in [-0.2, 0) is 5.60 Å². The lowest BCUT2D eigenvalue weighted by molar-refractivity contribution is -0.384. The molecule has 0 saturated heterocycles. The van der Waals surface area contributed by atoms with Gasteiger partial charge in [-0.1, -0.05) is 23.2 Å². The molecule has 1 atom stereocenters. The lowest BCUT2D eigenvalue weighted by atomic mass is 9.96. The highest BCUT2D eigenvalue weighted by molar-refractivity contribution is 7.16. The van der Waals surface area contributed by atoms with Gasteiger partial charge in [-0.3, -0.25) is 10.1 Å². The molecular weight excluding hydrogens is 416 g/mol. The van der Waals surface area contributed by atoms with Crippen LogP contribution < -0.4 is 0 Å². The van der Waals surface area contributed by atoms with E-state index in [1.54, 1.807) is 5.38 Å². The molecule has 1 N–H and O–H groups in total. The van der Waals surface area contributed by atoms with Gasteiger partial charge in [-0.2, -0.15) is 13.2 Å². The zero-order chi connectivity index (χ0) is 19.4. The molecule has 0 saturated carbocycles. The van der Waals surface area contributed by atoms with E-state index in [2.05, 4.69) is 0 Å². The Bertz CT molecular complexity index is 1000. The molecule has 0 aliphatic carbocycles. The van der Waals surface area contributed by atoms with Crippen molar-refractivity contribution in [2.75, 3.05) is 0 Å². The van der Waals surface area contributed by atoms with E-state index in [1.807, 2.05) is 0 Å². The predicted molar refractivity (Wildman–Crippen MR) is 93.5 cm³/mol. The Balaban J connectivity index is 2.30. The maximum Gasteiger partial charge on any atom is 0.421 e. The predicted octanol–water partition coefficient (Wildman–Crippen LogP) is 5.68. The van der Waals surface area contributed by atoms with Crippen molar-refractivity contribution < 1.29 is 23.2 Å². The Labute approximate surface area is 158 Å². The highest BCUT2D eigenvalue weighted by Crippen LogP contribution is 2.45. The molecule has 2 heterocycles. The summed E-state index contributed by atoms with van der Waals surface area (Å²) in [4.78, 5) is 10.6. The van der Waals surface area contributed by atoms with E-state index in [9.17, 15) is 28.4 Å². The van der Waals surface area contributed by atoms with Crippen LogP contribution in [0.2, 0.25) is 10.0 Å². The third kappa shape index (κ3) is 2.84. The molecule has 3 rings (SSSR count). The first-order valence-corrected chi connectivity index (χ1v) is 8.60. The number of nitro groups is 1. The van der Waals surface area contributed by atoms with Gasteiger partial charge in [0.2, 0.25) is 0 Å². The molecule has 2 aromatic heterocycles. The van der Waals surface area contributed by atoms with Crippen LogP contribution in [0.3, 0.4) is 0 Å². The minimum Gasteiger partial charge on any atom is -0.376 e. The Morgan fingerprint density at radius 3 is 2.35 bits per heavy atom. The molecule has 0 radical (unpaired) electrons. The summed E-state index contributed by atoms with van der Waals surface area (Å²) >= 11 is 13.3. The maximum atomic E-state index is 13.3. The number of rotatable bonds is 3. The zero-order valence-electron chi connectivity index (χ0n) is 12.8. The number of halogens is 5. The molecule has 138 valence electrons. The van der Waals surface area contributed by atoms with Crippen molar-refractivity contribution in [2.45, 2.75) is 18.7 Å². The van der Waals surface area contributed by atoms with Crippen LogP contribution in [-0.4, -0.2) is 20.8 Å². The van der Waals surface area contributed by atoms with Gasteiger partial charge in [0.1, 0.15) is 4.83 Å². The van der Waals surface area contributed by atoms with Crippen molar-refractivity contribution in [1.29, 1.82) is 0 Å². The minimum atomic E-state index is -4.91. The summed E-state index contributed by atoms with van der Waals surface area (Å²) < 4.78 is 41.1. The standard InChI is InChI=1S/C15H9Cl2F3N2O3S/c1-14(23,15(18,19)20)9-6-21(13-8(9)2-3-26-13)12-10(16)4-7(22(24)25)5-11(12)17/h2-6,23H,1H3. The van der Waals surface area contributed by atoms with Crippen LogP contribution in [0.15, 0.2) is 29.8 Å². The van der Waals surface area contributed by atoms with Crippen molar-refractivity contribution in [3.63, 3.8) is 0 Å². The Hall–Kier alpha value is -1.81. The number of fused-ring (bicyclic) bond motifs is 1. The number of nitro benzene ring substituents is 1. The van der Waals surface area contributed by atoms with Crippen molar-refractivity contribution in [1.82, 2.24) is 4.57 Å². The number of alkyl halides is 3. The number of aromatic nitrogens is 1. The fourth-order valence-corrected chi connectivity index (χ4v) is 4.10. The van der Waals surface area contributed by atoms with E-state index in [0.717, 1.165) is 29.7 Å². The number of nitrogens with zero attached hydrogens (tertiary/aromatic N) is 2. The number of benzene rings is 1.